The molecule has 3 rings (SSSR count). The summed E-state index contributed by atoms with van der Waals surface area (Å²) in [6, 6.07) is 2.96. The van der Waals surface area contributed by atoms with Crippen LogP contribution in [-0.2, 0) is 6.18 Å². The molecule has 2 aromatic carbocycles. The van der Waals surface area contributed by atoms with Crippen LogP contribution in [0.3, 0.4) is 0 Å². The third-order valence-corrected chi connectivity index (χ3v) is 3.32. The van der Waals surface area contributed by atoms with Gasteiger partial charge in [0.25, 0.3) is 0 Å². The number of phenols is 2. The fourth-order valence-corrected chi connectivity index (χ4v) is 2.35. The normalized spacial score (nSPS) is 13.9. The molecule has 0 spiro atoms. The van der Waals surface area contributed by atoms with E-state index >= 15 is 0 Å². The molecule has 0 aliphatic carbocycles. The lowest BCUT2D eigenvalue weighted by Crippen LogP contribution is -2.16. The molecule has 23 heavy (non-hydrogen) atoms. The lowest BCUT2D eigenvalue weighted by atomic mass is 9.96. The van der Waals surface area contributed by atoms with Crippen molar-refractivity contribution in [2.75, 3.05) is 13.2 Å². The molecular weight excluding hydrogens is 320 g/mol. The van der Waals surface area contributed by atoms with Gasteiger partial charge in [0.2, 0.25) is 0 Å². The fraction of sp³-hybridized carbons (Fsp3) is 0.200. The summed E-state index contributed by atoms with van der Waals surface area (Å²) in [4.78, 5) is 0. The molecular formula is C15H10F4O4. The summed E-state index contributed by atoms with van der Waals surface area (Å²) >= 11 is 0. The lowest BCUT2D eigenvalue weighted by Gasteiger charge is -2.23. The summed E-state index contributed by atoms with van der Waals surface area (Å²) in [6.07, 6.45) is -4.82. The Morgan fingerprint density at radius 2 is 1.52 bits per heavy atom. The van der Waals surface area contributed by atoms with E-state index in [0.29, 0.717) is 12.1 Å². The molecule has 0 bridgehead atoms. The van der Waals surface area contributed by atoms with Gasteiger partial charge < -0.3 is 19.7 Å². The summed E-state index contributed by atoms with van der Waals surface area (Å²) in [5.74, 6) is -2.57. The standard InChI is InChI=1S/C15H10F4O4/c16-7-3-9(14-13(4-7)22-1-2-23-14)8-5-11(20)12(21)6-10(8)15(17,18)19/h3-6,20-21H,1-2H2. The molecule has 0 amide bonds. The van der Waals surface area contributed by atoms with Crippen LogP contribution in [0.2, 0.25) is 0 Å². The molecule has 8 heteroatoms. The van der Waals surface area contributed by atoms with Gasteiger partial charge in [-0.15, -0.1) is 0 Å². The molecule has 2 aromatic rings. The van der Waals surface area contributed by atoms with E-state index in [0.717, 1.165) is 12.1 Å². The molecule has 1 aliphatic rings. The first kappa shape index (κ1) is 15.3. The Morgan fingerprint density at radius 1 is 0.870 bits per heavy atom. The monoisotopic (exact) mass is 330 g/mol. The quantitative estimate of drug-likeness (QED) is 0.618. The topological polar surface area (TPSA) is 58.9 Å². The van der Waals surface area contributed by atoms with Crippen LogP contribution in [0.5, 0.6) is 23.0 Å². The molecule has 0 saturated carbocycles. The van der Waals surface area contributed by atoms with Gasteiger partial charge in [-0.3, -0.25) is 0 Å². The van der Waals surface area contributed by atoms with Gasteiger partial charge in [0.15, 0.2) is 23.0 Å². The largest absolute Gasteiger partial charge is 0.504 e. The van der Waals surface area contributed by atoms with Crippen molar-refractivity contribution in [1.29, 1.82) is 0 Å². The highest BCUT2D eigenvalue weighted by molar-refractivity contribution is 5.79. The summed E-state index contributed by atoms with van der Waals surface area (Å²) in [5.41, 5.74) is -1.97. The number of phenolic OH excluding ortho intramolecular Hbond substituents is 2. The first-order chi connectivity index (χ1) is 10.8. The van der Waals surface area contributed by atoms with Crippen molar-refractivity contribution in [2.24, 2.45) is 0 Å². The molecule has 0 unspecified atom stereocenters. The van der Waals surface area contributed by atoms with Gasteiger partial charge >= 0.3 is 6.18 Å². The van der Waals surface area contributed by atoms with E-state index in [4.69, 9.17) is 9.47 Å². The van der Waals surface area contributed by atoms with Crippen LogP contribution in [0.4, 0.5) is 17.6 Å². The molecule has 1 heterocycles. The van der Waals surface area contributed by atoms with E-state index in [1.54, 1.807) is 0 Å². The van der Waals surface area contributed by atoms with Gasteiger partial charge in [0.05, 0.1) is 5.56 Å². The minimum absolute atomic E-state index is 0.0214. The van der Waals surface area contributed by atoms with E-state index in [9.17, 15) is 27.8 Å². The van der Waals surface area contributed by atoms with Gasteiger partial charge in [-0.2, -0.15) is 13.2 Å². The maximum atomic E-state index is 13.7. The van der Waals surface area contributed by atoms with Crippen LogP contribution in [0.25, 0.3) is 11.1 Å². The predicted octanol–water partition coefficient (Wildman–Crippen LogP) is 3.69. The smallest absolute Gasteiger partial charge is 0.417 e. The zero-order chi connectivity index (χ0) is 16.8. The van der Waals surface area contributed by atoms with Gasteiger partial charge in [0.1, 0.15) is 19.0 Å². The average molecular weight is 330 g/mol. The average Bonchev–Trinajstić information content (AvgIpc) is 2.47. The molecule has 2 N–H and O–H groups in total. The highest BCUT2D eigenvalue weighted by Gasteiger charge is 2.36. The van der Waals surface area contributed by atoms with Crippen LogP contribution in [0, 0.1) is 5.82 Å². The molecule has 0 fully saturated rings. The minimum atomic E-state index is -4.82. The second kappa shape index (κ2) is 5.22. The van der Waals surface area contributed by atoms with Crippen LogP contribution >= 0.6 is 0 Å². The second-order valence-corrected chi connectivity index (χ2v) is 4.86. The van der Waals surface area contributed by atoms with Crippen molar-refractivity contribution in [2.45, 2.75) is 6.18 Å². The zero-order valence-corrected chi connectivity index (χ0v) is 11.4. The number of hydrogen-bond acceptors (Lipinski definition) is 4. The van der Waals surface area contributed by atoms with Crippen molar-refractivity contribution in [1.82, 2.24) is 0 Å². The number of halogens is 4. The first-order valence-corrected chi connectivity index (χ1v) is 6.50. The summed E-state index contributed by atoms with van der Waals surface area (Å²) in [6.45, 7) is 0.236. The minimum Gasteiger partial charge on any atom is -0.504 e. The van der Waals surface area contributed by atoms with Crippen LogP contribution in [0.1, 0.15) is 5.56 Å². The Morgan fingerprint density at radius 3 is 2.22 bits per heavy atom. The van der Waals surface area contributed by atoms with Gasteiger partial charge in [-0.05, 0) is 18.2 Å². The highest BCUT2D eigenvalue weighted by atomic mass is 19.4. The van der Waals surface area contributed by atoms with E-state index in [1.165, 1.54) is 0 Å². The highest BCUT2D eigenvalue weighted by Crippen LogP contribution is 2.48. The van der Waals surface area contributed by atoms with Gasteiger partial charge in [-0.1, -0.05) is 0 Å². The SMILES string of the molecule is Oc1cc(-c2cc(F)cc3c2OCCO3)c(C(F)(F)F)cc1O. The number of hydrogen-bond donors (Lipinski definition) is 2. The fourth-order valence-electron chi connectivity index (χ4n) is 2.35. The van der Waals surface area contributed by atoms with E-state index in [1.807, 2.05) is 0 Å². The number of rotatable bonds is 1. The van der Waals surface area contributed by atoms with Crippen LogP contribution in [-0.4, -0.2) is 23.4 Å². The number of fused-ring (bicyclic) bond motifs is 1. The third-order valence-electron chi connectivity index (χ3n) is 3.32. The Kier molecular flexibility index (Phi) is 3.46. The Hall–Kier alpha value is -2.64. The summed E-state index contributed by atoms with van der Waals surface area (Å²) in [5, 5.41) is 18.9. The maximum Gasteiger partial charge on any atom is 0.417 e. The number of ether oxygens (including phenoxy) is 2. The Bertz CT molecular complexity index is 771. The summed E-state index contributed by atoms with van der Waals surface area (Å²) < 4.78 is 63.9. The zero-order valence-electron chi connectivity index (χ0n) is 11.4. The number of benzene rings is 2. The first-order valence-electron chi connectivity index (χ1n) is 6.50. The lowest BCUT2D eigenvalue weighted by molar-refractivity contribution is -0.137. The van der Waals surface area contributed by atoms with Crippen molar-refractivity contribution in [3.63, 3.8) is 0 Å². The molecule has 0 atom stereocenters. The molecule has 0 aromatic heterocycles. The third kappa shape index (κ3) is 2.71. The second-order valence-electron chi connectivity index (χ2n) is 4.86. The predicted molar refractivity (Wildman–Crippen MR) is 71.2 cm³/mol. The maximum absolute atomic E-state index is 13.7. The van der Waals surface area contributed by atoms with Gasteiger partial charge in [-0.25, -0.2) is 4.39 Å². The van der Waals surface area contributed by atoms with Gasteiger partial charge in [0, 0.05) is 17.2 Å². The van der Waals surface area contributed by atoms with Crippen molar-refractivity contribution < 1.29 is 37.2 Å². The van der Waals surface area contributed by atoms with Crippen molar-refractivity contribution >= 4 is 0 Å². The Labute approximate surface area is 127 Å². The number of alkyl halides is 3. The molecule has 122 valence electrons. The van der Waals surface area contributed by atoms with E-state index < -0.39 is 34.6 Å². The Balaban J connectivity index is 2.31. The van der Waals surface area contributed by atoms with Crippen LogP contribution < -0.4 is 9.47 Å². The molecule has 0 radical (unpaired) electrons. The molecule has 0 saturated heterocycles. The number of aromatic hydroxyl groups is 2. The molecule has 4 nitrogen and oxygen atoms in total. The summed E-state index contributed by atoms with van der Waals surface area (Å²) in [7, 11) is 0. The van der Waals surface area contributed by atoms with Crippen molar-refractivity contribution in [3.05, 3.63) is 35.6 Å². The molecule has 1 aliphatic heterocycles. The van der Waals surface area contributed by atoms with Crippen LogP contribution in [0.15, 0.2) is 24.3 Å². The van der Waals surface area contributed by atoms with E-state index in [-0.39, 0.29) is 30.3 Å². The van der Waals surface area contributed by atoms with Crippen molar-refractivity contribution in [3.8, 4) is 34.1 Å². The van der Waals surface area contributed by atoms with E-state index in [2.05, 4.69) is 0 Å².